The Morgan fingerprint density at radius 2 is 0.776 bits per heavy atom. The molecule has 2 heterocycles. The average Bonchev–Trinajstić information content (AvgIpc) is 4.38. The Hall–Kier alpha value is -9.50. The van der Waals surface area contributed by atoms with Crippen molar-refractivity contribution in [3.63, 3.8) is 0 Å². The first-order valence-corrected chi connectivity index (χ1v) is 26.7. The highest BCUT2D eigenvalue weighted by Gasteiger charge is 2.48. The van der Waals surface area contributed by atoms with Crippen LogP contribution >= 0.6 is 0 Å². The Bertz CT molecular complexity index is 4270. The van der Waals surface area contributed by atoms with E-state index in [1.54, 1.807) is 0 Å². The van der Waals surface area contributed by atoms with Gasteiger partial charge in [0.25, 0.3) is 0 Å². The van der Waals surface area contributed by atoms with Crippen molar-refractivity contribution >= 4 is 33.2 Å². The quantitative estimate of drug-likeness (QED) is 0.155. The first kappa shape index (κ1) is 43.0. The molecule has 1 aromatic heterocycles. The summed E-state index contributed by atoms with van der Waals surface area (Å²) in [5.74, 6) is 0.214. The fraction of sp³-hybridized carbons (Fsp3) is 0.0541. The van der Waals surface area contributed by atoms with Crippen molar-refractivity contribution in [2.45, 2.75) is 22.8 Å². The molecule has 0 fully saturated rings. The Balaban J connectivity index is 0.809. The third kappa shape index (κ3) is 5.87. The molecule has 356 valence electrons. The molecule has 0 saturated heterocycles. The molecule has 2 nitrogen and oxygen atoms in total. The van der Waals surface area contributed by atoms with Crippen LogP contribution in [0.25, 0.3) is 60.9 Å². The van der Waals surface area contributed by atoms with Gasteiger partial charge in [0.1, 0.15) is 0 Å². The summed E-state index contributed by atoms with van der Waals surface area (Å²) < 4.78 is 2.48. The highest BCUT2D eigenvalue weighted by molar-refractivity contribution is 6.11. The van der Waals surface area contributed by atoms with E-state index in [1.165, 1.54) is 117 Å². The summed E-state index contributed by atoms with van der Waals surface area (Å²) in [6.45, 7) is 0. The minimum Gasteiger partial charge on any atom is -0.333 e. The van der Waals surface area contributed by atoms with E-state index in [4.69, 9.17) is 0 Å². The molecule has 76 heavy (non-hydrogen) atoms. The lowest BCUT2D eigenvalue weighted by Gasteiger charge is -2.34. The number of hydrogen-bond acceptors (Lipinski definition) is 1. The second-order valence-electron chi connectivity index (χ2n) is 21.0. The zero-order chi connectivity index (χ0) is 50.0. The zero-order valence-corrected chi connectivity index (χ0v) is 41.8. The fourth-order valence-electron chi connectivity index (χ4n) is 14.4. The van der Waals surface area contributed by atoms with Crippen molar-refractivity contribution < 1.29 is 0 Å². The molecule has 0 saturated carbocycles. The lowest BCUT2D eigenvalue weighted by Crippen LogP contribution is -2.29. The molecule has 3 aliphatic carbocycles. The minimum absolute atomic E-state index is 0.156. The van der Waals surface area contributed by atoms with E-state index in [2.05, 4.69) is 301 Å². The molecule has 2 heteroatoms. The Labute approximate surface area is 443 Å². The lowest BCUT2D eigenvalue weighted by atomic mass is 9.68. The summed E-state index contributed by atoms with van der Waals surface area (Å²) in [5.41, 5.74) is 24.5. The van der Waals surface area contributed by atoms with Crippen LogP contribution < -0.4 is 4.90 Å². The van der Waals surface area contributed by atoms with Crippen molar-refractivity contribution in [1.82, 2.24) is 4.57 Å². The van der Waals surface area contributed by atoms with Gasteiger partial charge in [-0.3, -0.25) is 0 Å². The van der Waals surface area contributed by atoms with Crippen molar-refractivity contribution in [3.05, 3.63) is 341 Å². The minimum atomic E-state index is -0.440. The first-order chi connectivity index (χ1) is 37.7. The SMILES string of the molecule is C1=CC2c3cc(-c4ccc5c(c4)c4ccccc4n5-c4ccc5c(c4)-c4ccccc4C5(c4ccccc4)c4ccccc4)ccc3N(c3ccc4c(c3)-c3ccccc3C4(c3ccccc3)c3ccccc3)C2C=C1. The molecule has 0 bridgehead atoms. The zero-order valence-electron chi connectivity index (χ0n) is 41.8. The van der Waals surface area contributed by atoms with Gasteiger partial charge in [0, 0.05) is 33.8 Å². The van der Waals surface area contributed by atoms with Gasteiger partial charge >= 0.3 is 0 Å². The van der Waals surface area contributed by atoms with Crippen LogP contribution in [0, 0.1) is 0 Å². The Kier molecular flexibility index (Phi) is 9.33. The molecule has 0 N–H and O–H groups in total. The van der Waals surface area contributed by atoms with Gasteiger partial charge in [-0.25, -0.2) is 0 Å². The predicted molar refractivity (Wildman–Crippen MR) is 314 cm³/mol. The van der Waals surface area contributed by atoms with Crippen molar-refractivity contribution in [1.29, 1.82) is 0 Å². The highest BCUT2D eigenvalue weighted by Crippen LogP contribution is 2.59. The van der Waals surface area contributed by atoms with Crippen molar-refractivity contribution in [2.24, 2.45) is 0 Å². The van der Waals surface area contributed by atoms with E-state index in [1.807, 2.05) is 0 Å². The van der Waals surface area contributed by atoms with Crippen molar-refractivity contribution in [3.8, 4) is 39.1 Å². The van der Waals surface area contributed by atoms with E-state index in [9.17, 15) is 0 Å². The van der Waals surface area contributed by atoms with Crippen LogP contribution in [0.3, 0.4) is 0 Å². The summed E-state index contributed by atoms with van der Waals surface area (Å²) in [7, 11) is 0. The molecule has 4 aliphatic rings. The maximum Gasteiger partial charge on any atom is 0.0713 e. The third-order valence-electron chi connectivity index (χ3n) is 17.5. The summed E-state index contributed by atoms with van der Waals surface area (Å²) in [6, 6.07) is 100. The first-order valence-electron chi connectivity index (χ1n) is 26.7. The fourth-order valence-corrected chi connectivity index (χ4v) is 14.4. The molecule has 16 rings (SSSR count). The topological polar surface area (TPSA) is 8.17 Å². The number of hydrogen-bond donors (Lipinski definition) is 0. The van der Waals surface area contributed by atoms with Gasteiger partial charge in [-0.15, -0.1) is 0 Å². The van der Waals surface area contributed by atoms with Gasteiger partial charge in [-0.1, -0.05) is 237 Å². The molecular formula is C74H50N2. The number of nitrogens with zero attached hydrogens (tertiary/aromatic N) is 2. The van der Waals surface area contributed by atoms with Gasteiger partial charge in [0.15, 0.2) is 0 Å². The maximum atomic E-state index is 2.59. The number of fused-ring (bicyclic) bond motifs is 12. The standard InChI is InChI=1S/C74H50N2/c1-5-21-51(22-6-1)73(52-23-7-2-8-24-52)65-33-17-13-29-57(65)61-47-55(39-41-67(61)73)75-69-35-19-15-31-59(69)63-45-49(37-43-71(63)75)50-38-44-72-64(46-50)60-32-16-20-36-70(60)76(72)56-40-42-68-62(48-56)58-30-14-18-34-66(58)74(68,53-25-9-3-10-26-53)54-27-11-4-12-28-54/h1-48,59,69H. The van der Waals surface area contributed by atoms with E-state index in [0.717, 1.165) is 5.69 Å². The van der Waals surface area contributed by atoms with Crippen LogP contribution in [0.15, 0.2) is 291 Å². The van der Waals surface area contributed by atoms with Crippen molar-refractivity contribution in [2.75, 3.05) is 4.90 Å². The smallest absolute Gasteiger partial charge is 0.0713 e. The molecule has 0 amide bonds. The summed E-state index contributed by atoms with van der Waals surface area (Å²) in [5, 5.41) is 2.50. The molecule has 2 unspecified atom stereocenters. The number of anilines is 2. The van der Waals surface area contributed by atoms with E-state index in [-0.39, 0.29) is 12.0 Å². The van der Waals surface area contributed by atoms with Crippen LogP contribution in [0.2, 0.25) is 0 Å². The molecule has 1 aliphatic heterocycles. The highest BCUT2D eigenvalue weighted by atomic mass is 15.2. The van der Waals surface area contributed by atoms with E-state index < -0.39 is 10.8 Å². The van der Waals surface area contributed by atoms with E-state index in [0.29, 0.717) is 0 Å². The Morgan fingerprint density at radius 3 is 1.38 bits per heavy atom. The van der Waals surface area contributed by atoms with Gasteiger partial charge in [0.2, 0.25) is 0 Å². The second-order valence-corrected chi connectivity index (χ2v) is 21.0. The molecular weight excluding hydrogens is 917 g/mol. The number of rotatable bonds is 7. The maximum absolute atomic E-state index is 2.59. The number of para-hydroxylation sites is 1. The summed E-state index contributed by atoms with van der Waals surface area (Å²) in [4.78, 5) is 2.59. The largest absolute Gasteiger partial charge is 0.333 e. The molecule has 12 aromatic rings. The van der Waals surface area contributed by atoms with Gasteiger partial charge in [-0.2, -0.15) is 0 Å². The summed E-state index contributed by atoms with van der Waals surface area (Å²) in [6.07, 6.45) is 9.26. The van der Waals surface area contributed by atoms with Crippen LogP contribution in [0.5, 0.6) is 0 Å². The van der Waals surface area contributed by atoms with Crippen LogP contribution in [-0.2, 0) is 10.8 Å². The second kappa shape index (κ2) is 16.5. The Morgan fingerprint density at radius 1 is 0.316 bits per heavy atom. The lowest BCUT2D eigenvalue weighted by molar-refractivity contribution is 0.743. The van der Waals surface area contributed by atoms with Crippen LogP contribution in [0.4, 0.5) is 11.4 Å². The van der Waals surface area contributed by atoms with E-state index >= 15 is 0 Å². The van der Waals surface area contributed by atoms with Crippen LogP contribution in [0.1, 0.15) is 56.0 Å². The van der Waals surface area contributed by atoms with Gasteiger partial charge in [-0.05, 0) is 138 Å². The normalized spacial score (nSPS) is 16.8. The number of aromatic nitrogens is 1. The number of benzene rings is 11. The van der Waals surface area contributed by atoms with Crippen LogP contribution in [-0.4, -0.2) is 10.6 Å². The van der Waals surface area contributed by atoms with Gasteiger partial charge < -0.3 is 9.47 Å². The average molecular weight is 967 g/mol. The summed E-state index contributed by atoms with van der Waals surface area (Å²) >= 11 is 0. The predicted octanol–water partition coefficient (Wildman–Crippen LogP) is 17.9. The molecule has 11 aromatic carbocycles. The van der Waals surface area contributed by atoms with Gasteiger partial charge in [0.05, 0.1) is 27.9 Å². The molecule has 0 radical (unpaired) electrons. The number of allylic oxidation sites excluding steroid dienone is 2. The monoisotopic (exact) mass is 966 g/mol. The molecule has 0 spiro atoms. The third-order valence-corrected chi connectivity index (χ3v) is 17.5. The molecule has 2 atom stereocenters.